The van der Waals surface area contributed by atoms with Gasteiger partial charge < -0.3 is 26.2 Å². The lowest BCUT2D eigenvalue weighted by molar-refractivity contribution is -0.119. The minimum absolute atomic E-state index is 0.0873. The second-order valence-corrected chi connectivity index (χ2v) is 5.12. The van der Waals surface area contributed by atoms with E-state index in [0.29, 0.717) is 0 Å². The lowest BCUT2D eigenvalue weighted by atomic mass is 10.0. The summed E-state index contributed by atoms with van der Waals surface area (Å²) in [6.45, 7) is 1.34. The predicted molar refractivity (Wildman–Crippen MR) is 75.9 cm³/mol. The van der Waals surface area contributed by atoms with Crippen molar-refractivity contribution in [3.05, 3.63) is 23.8 Å². The number of phenolic OH excluding ortho intramolecular Hbond substituents is 2. The zero-order valence-corrected chi connectivity index (χ0v) is 11.6. The van der Waals surface area contributed by atoms with E-state index in [1.54, 1.807) is 0 Å². The molecule has 0 spiro atoms. The molecule has 1 aliphatic heterocycles. The molecule has 0 aromatic heterocycles. The second-order valence-electron chi connectivity index (χ2n) is 5.12. The number of amides is 2. The van der Waals surface area contributed by atoms with Gasteiger partial charge in [-0.25, -0.2) is 0 Å². The van der Waals surface area contributed by atoms with Gasteiger partial charge in [0.2, 0.25) is 5.91 Å². The van der Waals surface area contributed by atoms with Crippen molar-refractivity contribution in [1.29, 1.82) is 0 Å². The van der Waals surface area contributed by atoms with E-state index in [4.69, 9.17) is 5.73 Å². The highest BCUT2D eigenvalue weighted by Gasteiger charge is 2.27. The van der Waals surface area contributed by atoms with Gasteiger partial charge in [0, 0.05) is 17.7 Å². The van der Waals surface area contributed by atoms with Gasteiger partial charge in [-0.1, -0.05) is 0 Å². The molecular formula is C14H19N3O4. The molecule has 5 N–H and O–H groups in total. The van der Waals surface area contributed by atoms with Crippen LogP contribution in [-0.2, 0) is 4.79 Å². The van der Waals surface area contributed by atoms with Gasteiger partial charge in [0.25, 0.3) is 5.91 Å². The maximum absolute atomic E-state index is 12.6. The molecule has 2 rings (SSSR count). The Balaban J connectivity index is 2.25. The number of aromatic hydroxyl groups is 2. The molecule has 1 heterocycles. The first-order valence-corrected chi connectivity index (χ1v) is 6.80. The average molecular weight is 293 g/mol. The third-order valence-electron chi connectivity index (χ3n) is 3.49. The topological polar surface area (TPSA) is 116 Å². The molecule has 7 heteroatoms. The Hall–Kier alpha value is -2.28. The molecule has 0 saturated carbocycles. The van der Waals surface area contributed by atoms with E-state index in [9.17, 15) is 19.8 Å². The molecule has 0 bridgehead atoms. The molecule has 114 valence electrons. The number of benzene rings is 1. The number of piperidine rings is 1. The molecule has 0 atom stereocenters. The summed E-state index contributed by atoms with van der Waals surface area (Å²) in [7, 11) is 0. The third kappa shape index (κ3) is 3.85. The number of primary amides is 1. The zero-order valence-electron chi connectivity index (χ0n) is 11.6. The first-order valence-electron chi connectivity index (χ1n) is 6.80. The largest absolute Gasteiger partial charge is 0.508 e. The molecule has 21 heavy (non-hydrogen) atoms. The van der Waals surface area contributed by atoms with Gasteiger partial charge in [-0.3, -0.25) is 9.59 Å². The zero-order chi connectivity index (χ0) is 15.4. The lowest BCUT2D eigenvalue weighted by Gasteiger charge is -2.34. The molecule has 1 aliphatic rings. The van der Waals surface area contributed by atoms with Crippen molar-refractivity contribution in [1.82, 2.24) is 10.2 Å². The van der Waals surface area contributed by atoms with Crippen molar-refractivity contribution < 1.29 is 19.8 Å². The van der Waals surface area contributed by atoms with Gasteiger partial charge in [0.15, 0.2) is 0 Å². The van der Waals surface area contributed by atoms with E-state index in [2.05, 4.69) is 5.32 Å². The molecule has 1 saturated heterocycles. The van der Waals surface area contributed by atoms with Crippen molar-refractivity contribution in [3.8, 4) is 11.5 Å². The van der Waals surface area contributed by atoms with Crippen LogP contribution in [0.2, 0.25) is 0 Å². The number of nitrogens with one attached hydrogen (secondary N) is 1. The van der Waals surface area contributed by atoms with Crippen LogP contribution in [0.1, 0.15) is 23.2 Å². The average Bonchev–Trinajstić information content (AvgIpc) is 2.44. The highest BCUT2D eigenvalue weighted by molar-refractivity contribution is 5.97. The van der Waals surface area contributed by atoms with Crippen molar-refractivity contribution in [2.45, 2.75) is 18.9 Å². The SMILES string of the molecule is NC(=O)CN(C(=O)c1cc(O)cc(O)c1)C1CCNCC1. The van der Waals surface area contributed by atoms with E-state index < -0.39 is 11.8 Å². The summed E-state index contributed by atoms with van der Waals surface area (Å²) < 4.78 is 0. The Bertz CT molecular complexity index is 521. The summed E-state index contributed by atoms with van der Waals surface area (Å²) in [4.78, 5) is 25.2. The number of nitrogens with two attached hydrogens (primary N) is 1. The van der Waals surface area contributed by atoms with Gasteiger partial charge in [0.1, 0.15) is 11.5 Å². The van der Waals surface area contributed by atoms with Crippen molar-refractivity contribution in [2.24, 2.45) is 5.73 Å². The van der Waals surface area contributed by atoms with Crippen LogP contribution in [0.5, 0.6) is 11.5 Å². The molecule has 1 aromatic rings. The first-order chi connectivity index (χ1) is 9.97. The lowest BCUT2D eigenvalue weighted by Crippen LogP contribution is -2.49. The van der Waals surface area contributed by atoms with Gasteiger partial charge in [-0.05, 0) is 38.1 Å². The van der Waals surface area contributed by atoms with Gasteiger partial charge in [-0.15, -0.1) is 0 Å². The predicted octanol–water partition coefficient (Wildman–Crippen LogP) is -0.223. The van der Waals surface area contributed by atoms with E-state index >= 15 is 0 Å². The standard InChI is InChI=1S/C14H19N3O4/c15-13(20)8-17(10-1-3-16-4-2-10)14(21)9-5-11(18)7-12(19)6-9/h5-7,10,16,18-19H,1-4,8H2,(H2,15,20). The quantitative estimate of drug-likeness (QED) is 0.612. The smallest absolute Gasteiger partial charge is 0.254 e. The number of carbonyl (C=O) groups is 2. The Morgan fingerprint density at radius 2 is 1.76 bits per heavy atom. The van der Waals surface area contributed by atoms with E-state index in [0.717, 1.165) is 32.0 Å². The Morgan fingerprint density at radius 1 is 1.19 bits per heavy atom. The Kier molecular flexibility index (Phi) is 4.64. The fraction of sp³-hybridized carbons (Fsp3) is 0.429. The fourth-order valence-electron chi connectivity index (χ4n) is 2.54. The summed E-state index contributed by atoms with van der Waals surface area (Å²) in [5.41, 5.74) is 5.36. The highest BCUT2D eigenvalue weighted by Crippen LogP contribution is 2.23. The Morgan fingerprint density at radius 3 is 2.29 bits per heavy atom. The number of phenols is 2. The minimum Gasteiger partial charge on any atom is -0.508 e. The summed E-state index contributed by atoms with van der Waals surface area (Å²) in [6.07, 6.45) is 1.45. The van der Waals surface area contributed by atoms with Crippen LogP contribution in [0, 0.1) is 0 Å². The summed E-state index contributed by atoms with van der Waals surface area (Å²) >= 11 is 0. The molecule has 0 aliphatic carbocycles. The Labute approximate surface area is 122 Å². The summed E-state index contributed by atoms with van der Waals surface area (Å²) in [5, 5.41) is 22.2. The molecular weight excluding hydrogens is 274 g/mol. The molecule has 2 amide bonds. The maximum atomic E-state index is 12.6. The van der Waals surface area contributed by atoms with E-state index in [-0.39, 0.29) is 29.6 Å². The van der Waals surface area contributed by atoms with Crippen LogP contribution in [0.3, 0.4) is 0 Å². The minimum atomic E-state index is -0.591. The van der Waals surface area contributed by atoms with E-state index in [1.165, 1.54) is 17.0 Å². The number of hydrogen-bond acceptors (Lipinski definition) is 5. The van der Waals surface area contributed by atoms with Gasteiger partial charge >= 0.3 is 0 Å². The fourth-order valence-corrected chi connectivity index (χ4v) is 2.54. The highest BCUT2D eigenvalue weighted by atomic mass is 16.3. The second kappa shape index (κ2) is 6.45. The van der Waals surface area contributed by atoms with Crippen LogP contribution in [0.15, 0.2) is 18.2 Å². The first kappa shape index (κ1) is 15.1. The number of nitrogens with zero attached hydrogens (tertiary/aromatic N) is 1. The van der Waals surface area contributed by atoms with Crippen molar-refractivity contribution in [2.75, 3.05) is 19.6 Å². The van der Waals surface area contributed by atoms with Gasteiger partial charge in [-0.2, -0.15) is 0 Å². The van der Waals surface area contributed by atoms with Crippen LogP contribution < -0.4 is 11.1 Å². The van der Waals surface area contributed by atoms with E-state index in [1.807, 2.05) is 0 Å². The normalized spacial score (nSPS) is 15.6. The summed E-state index contributed by atoms with van der Waals surface area (Å²) in [6, 6.07) is 3.57. The molecule has 1 fully saturated rings. The molecule has 0 unspecified atom stereocenters. The number of carbonyl (C=O) groups excluding carboxylic acids is 2. The molecule has 7 nitrogen and oxygen atoms in total. The van der Waals surface area contributed by atoms with Crippen LogP contribution in [-0.4, -0.2) is 52.6 Å². The third-order valence-corrected chi connectivity index (χ3v) is 3.49. The van der Waals surface area contributed by atoms with Crippen LogP contribution >= 0.6 is 0 Å². The number of hydrogen-bond donors (Lipinski definition) is 4. The maximum Gasteiger partial charge on any atom is 0.254 e. The van der Waals surface area contributed by atoms with Gasteiger partial charge in [0.05, 0.1) is 6.54 Å². The van der Waals surface area contributed by atoms with Crippen LogP contribution in [0.25, 0.3) is 0 Å². The number of rotatable bonds is 4. The monoisotopic (exact) mass is 293 g/mol. The molecule has 1 aromatic carbocycles. The van der Waals surface area contributed by atoms with Crippen molar-refractivity contribution in [3.63, 3.8) is 0 Å². The summed E-state index contributed by atoms with van der Waals surface area (Å²) in [5.74, 6) is -1.43. The van der Waals surface area contributed by atoms with Crippen molar-refractivity contribution >= 4 is 11.8 Å². The van der Waals surface area contributed by atoms with Crippen LogP contribution in [0.4, 0.5) is 0 Å². The molecule has 0 radical (unpaired) electrons.